The minimum Gasteiger partial charge on any atom is -0.481 e. The lowest BCUT2D eigenvalue weighted by atomic mass is 9.33. The Bertz CT molecular complexity index is 1600. The molecule has 8 heteroatoms. The van der Waals surface area contributed by atoms with Gasteiger partial charge in [-0.05, 0) is 122 Å². The van der Waals surface area contributed by atoms with Gasteiger partial charge in [0.15, 0.2) is 5.78 Å². The van der Waals surface area contributed by atoms with Crippen LogP contribution >= 0.6 is 0 Å². The number of rotatable bonds is 8. The quantitative estimate of drug-likeness (QED) is 0.278. The Morgan fingerprint density at radius 2 is 1.67 bits per heavy atom. The minimum absolute atomic E-state index is 0.0309. The highest BCUT2D eigenvalue weighted by molar-refractivity contribution is 6.07. The van der Waals surface area contributed by atoms with E-state index in [1.54, 1.807) is 18.5 Å². The van der Waals surface area contributed by atoms with Gasteiger partial charge < -0.3 is 9.84 Å². The molecule has 0 aromatic carbocycles. The summed E-state index contributed by atoms with van der Waals surface area (Å²) >= 11 is 0. The fraction of sp³-hybridized carbons (Fsp3) is 0.780. The van der Waals surface area contributed by atoms with Crippen LogP contribution in [0.15, 0.2) is 23.4 Å². The number of esters is 1. The lowest BCUT2D eigenvalue weighted by Crippen LogP contribution is -2.66. The maximum Gasteiger partial charge on any atom is 0.309 e. The first kappa shape index (κ1) is 36.0. The first-order valence-electron chi connectivity index (χ1n) is 18.9. The first-order chi connectivity index (χ1) is 22.6. The summed E-state index contributed by atoms with van der Waals surface area (Å²) in [6.07, 6.45) is 9.61. The maximum atomic E-state index is 14.5. The number of ketones is 2. The second-order valence-corrected chi connectivity index (χ2v) is 19.1. The van der Waals surface area contributed by atoms with Gasteiger partial charge in [0.25, 0.3) is 0 Å². The number of hydrogen-bond donors (Lipinski definition) is 1. The van der Waals surface area contributed by atoms with Crippen LogP contribution in [0.4, 0.5) is 0 Å². The molecule has 0 spiro atoms. The summed E-state index contributed by atoms with van der Waals surface area (Å²) in [5.74, 6) is 0.0227. The Hall–Kier alpha value is -2.77. The number of carboxylic acids is 1. The van der Waals surface area contributed by atoms with Crippen LogP contribution in [0.3, 0.4) is 0 Å². The molecule has 5 aliphatic carbocycles. The minimum atomic E-state index is -1.17. The van der Waals surface area contributed by atoms with Crippen molar-refractivity contribution in [1.82, 2.24) is 9.78 Å². The highest BCUT2D eigenvalue weighted by atomic mass is 16.5. The number of aromatic nitrogens is 2. The van der Waals surface area contributed by atoms with Crippen molar-refractivity contribution in [2.24, 2.45) is 63.2 Å². The van der Waals surface area contributed by atoms with Crippen molar-refractivity contribution >= 4 is 23.5 Å². The molecule has 1 aromatic heterocycles. The fourth-order valence-corrected chi connectivity index (χ4v) is 12.7. The van der Waals surface area contributed by atoms with Crippen LogP contribution in [0.25, 0.3) is 0 Å². The summed E-state index contributed by atoms with van der Waals surface area (Å²) in [6.45, 7) is 19.5. The molecule has 1 heterocycles. The molecule has 4 fully saturated rings. The molecule has 0 aliphatic heterocycles. The Morgan fingerprint density at radius 3 is 2.29 bits per heavy atom. The molecule has 49 heavy (non-hydrogen) atoms. The van der Waals surface area contributed by atoms with Gasteiger partial charge in [0, 0.05) is 25.1 Å². The van der Waals surface area contributed by atoms with Crippen LogP contribution < -0.4 is 0 Å². The zero-order valence-electron chi connectivity index (χ0n) is 31.7. The average Bonchev–Trinajstić information content (AvgIpc) is 3.54. The van der Waals surface area contributed by atoms with Crippen LogP contribution in [0.2, 0.25) is 0 Å². The van der Waals surface area contributed by atoms with E-state index in [0.717, 1.165) is 62.6 Å². The number of nitrogens with zero attached hydrogens (tertiary/aromatic N) is 2. The van der Waals surface area contributed by atoms with E-state index in [-0.39, 0.29) is 64.0 Å². The Kier molecular flexibility index (Phi) is 8.55. The predicted molar refractivity (Wildman–Crippen MR) is 187 cm³/mol. The summed E-state index contributed by atoms with van der Waals surface area (Å²) < 4.78 is 7.89. The number of carbonyl (C=O) groups excluding carboxylic acids is 3. The van der Waals surface area contributed by atoms with E-state index < -0.39 is 22.8 Å². The van der Waals surface area contributed by atoms with Crippen molar-refractivity contribution in [2.75, 3.05) is 0 Å². The molecular formula is C41H60N2O6. The molecule has 0 bridgehead atoms. The smallest absolute Gasteiger partial charge is 0.309 e. The zero-order chi connectivity index (χ0) is 36.1. The molecule has 6 rings (SSSR count). The number of ether oxygens (including phenoxy) is 1. The van der Waals surface area contributed by atoms with Crippen LogP contribution in [0.1, 0.15) is 132 Å². The molecule has 1 aromatic rings. The van der Waals surface area contributed by atoms with Gasteiger partial charge in [0.05, 0.1) is 29.4 Å². The molecular weight excluding hydrogens is 616 g/mol. The third kappa shape index (κ3) is 5.22. The van der Waals surface area contributed by atoms with E-state index in [0.29, 0.717) is 18.3 Å². The standard InChI is InChI=1S/C41H60N2O6/c1-24(2)33-27(44)22-41(30(45)21-25-15-20-43(10)42-25)19-18-39(8)26(34(33)41)11-12-29-38(7)16-14-31(49-32(46)23-36(3,4)35(47)48)37(5,6)28(38)13-17-40(29,39)9/h15,20,24,26,28-29,31H,11-14,16-19,21-23H2,1-10H3,(H,47,48)/t26-,28+,29-,31+,38+,39-,40-,41+/m1/s1. The Balaban J connectivity index is 1.31. The molecule has 8 atom stereocenters. The van der Waals surface area contributed by atoms with E-state index in [2.05, 4.69) is 53.6 Å². The van der Waals surface area contributed by atoms with E-state index in [4.69, 9.17) is 4.74 Å². The van der Waals surface area contributed by atoms with Crippen molar-refractivity contribution in [1.29, 1.82) is 0 Å². The van der Waals surface area contributed by atoms with Crippen molar-refractivity contribution in [3.63, 3.8) is 0 Å². The highest BCUT2D eigenvalue weighted by Crippen LogP contribution is 2.76. The Labute approximate surface area is 293 Å². The van der Waals surface area contributed by atoms with Gasteiger partial charge in [-0.1, -0.05) is 48.5 Å². The number of carboxylic acid groups (broad SMARTS) is 1. The summed E-state index contributed by atoms with van der Waals surface area (Å²) in [4.78, 5) is 53.1. The van der Waals surface area contributed by atoms with Gasteiger partial charge >= 0.3 is 11.9 Å². The molecule has 1 N–H and O–H groups in total. The second-order valence-electron chi connectivity index (χ2n) is 19.1. The van der Waals surface area contributed by atoms with E-state index in [1.165, 1.54) is 5.57 Å². The summed E-state index contributed by atoms with van der Waals surface area (Å²) in [7, 11) is 1.87. The van der Waals surface area contributed by atoms with Gasteiger partial charge in [0.1, 0.15) is 11.9 Å². The van der Waals surface area contributed by atoms with Crippen LogP contribution in [-0.4, -0.2) is 44.5 Å². The van der Waals surface area contributed by atoms with Crippen molar-refractivity contribution in [3.8, 4) is 0 Å². The molecule has 8 nitrogen and oxygen atoms in total. The zero-order valence-corrected chi connectivity index (χ0v) is 31.7. The monoisotopic (exact) mass is 676 g/mol. The SMILES string of the molecule is CC(C)C1=C2[C@H]3CC[C@@H]4[C@@]5(C)CC[C@H](OC(=O)CC(C)(C)C(=O)O)C(C)(C)[C@@H]5CC[C@@]4(C)[C@]3(C)CC[C@@]2(C(=O)Cc2ccn(C)n2)CC1=O. The van der Waals surface area contributed by atoms with Gasteiger partial charge in [-0.3, -0.25) is 23.9 Å². The van der Waals surface area contributed by atoms with E-state index >= 15 is 0 Å². The number of aliphatic carboxylic acids is 1. The number of fused-ring (bicyclic) bond motifs is 7. The van der Waals surface area contributed by atoms with Gasteiger partial charge in [-0.2, -0.15) is 5.10 Å². The highest BCUT2D eigenvalue weighted by Gasteiger charge is 2.71. The third-order valence-electron chi connectivity index (χ3n) is 15.5. The lowest BCUT2D eigenvalue weighted by molar-refractivity contribution is -0.233. The largest absolute Gasteiger partial charge is 0.481 e. The number of allylic oxidation sites excluding steroid dienone is 2. The van der Waals surface area contributed by atoms with Crippen LogP contribution in [-0.2, 0) is 37.4 Å². The first-order valence-corrected chi connectivity index (χ1v) is 18.9. The Morgan fingerprint density at radius 1 is 0.980 bits per heavy atom. The predicted octanol–water partition coefficient (Wildman–Crippen LogP) is 7.93. The lowest BCUT2D eigenvalue weighted by Gasteiger charge is -2.72. The number of aryl methyl sites for hydroxylation is 1. The molecule has 4 saturated carbocycles. The normalized spacial score (nSPS) is 38.4. The molecule has 270 valence electrons. The van der Waals surface area contributed by atoms with Gasteiger partial charge in [-0.25, -0.2) is 0 Å². The number of hydrogen-bond acceptors (Lipinski definition) is 6. The third-order valence-corrected chi connectivity index (χ3v) is 15.5. The summed E-state index contributed by atoms with van der Waals surface area (Å²) in [5, 5.41) is 14.1. The van der Waals surface area contributed by atoms with Crippen molar-refractivity contribution < 1.29 is 29.0 Å². The summed E-state index contributed by atoms with van der Waals surface area (Å²) in [5.41, 5.74) is 0.797. The van der Waals surface area contributed by atoms with E-state index in [1.807, 2.05) is 19.3 Å². The van der Waals surface area contributed by atoms with Crippen molar-refractivity contribution in [2.45, 2.75) is 139 Å². The topological polar surface area (TPSA) is 116 Å². The second kappa shape index (κ2) is 11.6. The maximum absolute atomic E-state index is 14.5. The molecule has 5 aliphatic rings. The van der Waals surface area contributed by atoms with Crippen molar-refractivity contribution in [3.05, 3.63) is 29.1 Å². The van der Waals surface area contributed by atoms with Crippen LogP contribution in [0, 0.1) is 56.2 Å². The molecule has 0 amide bonds. The fourth-order valence-electron chi connectivity index (χ4n) is 12.7. The molecule has 0 saturated heterocycles. The summed E-state index contributed by atoms with van der Waals surface area (Å²) in [6, 6.07) is 1.92. The number of carbonyl (C=O) groups is 4. The molecule has 0 unspecified atom stereocenters. The van der Waals surface area contributed by atoms with Gasteiger partial charge in [-0.15, -0.1) is 0 Å². The number of Topliss-reactive ketones (excluding diaryl/α,β-unsaturated/α-hetero) is 2. The average molecular weight is 677 g/mol. The van der Waals surface area contributed by atoms with Crippen LogP contribution in [0.5, 0.6) is 0 Å². The van der Waals surface area contributed by atoms with E-state index in [9.17, 15) is 24.3 Å². The molecule has 0 radical (unpaired) electrons. The van der Waals surface area contributed by atoms with Gasteiger partial charge in [0.2, 0.25) is 0 Å².